The standard InChI is InChI=1S/C21H27N3O3S/c1-3-18-9-11-19(12-10-18)24(28(26,27)20-7-5-4-6-8-20)17-21(25)23-15-13-22(2)14-16-23/h4-12H,3,13-17H2,1-2H3/p+1. The van der Waals surface area contributed by atoms with Crippen molar-refractivity contribution in [3.8, 4) is 0 Å². The van der Waals surface area contributed by atoms with Crippen molar-refractivity contribution < 1.29 is 18.1 Å². The Morgan fingerprint density at radius 2 is 1.64 bits per heavy atom. The van der Waals surface area contributed by atoms with Crippen LogP contribution in [0.3, 0.4) is 0 Å². The molecule has 3 rings (SSSR count). The zero-order chi connectivity index (χ0) is 20.1. The maximum Gasteiger partial charge on any atom is 0.264 e. The second-order valence-electron chi connectivity index (χ2n) is 7.18. The van der Waals surface area contributed by atoms with Crippen LogP contribution in [-0.2, 0) is 21.2 Å². The second kappa shape index (κ2) is 8.75. The van der Waals surface area contributed by atoms with Gasteiger partial charge in [-0.25, -0.2) is 8.42 Å². The summed E-state index contributed by atoms with van der Waals surface area (Å²) in [6, 6.07) is 15.7. The third-order valence-electron chi connectivity index (χ3n) is 5.21. The molecule has 0 atom stereocenters. The first-order valence-corrected chi connectivity index (χ1v) is 11.1. The number of carbonyl (C=O) groups excluding carboxylic acids is 1. The smallest absolute Gasteiger partial charge is 0.264 e. The van der Waals surface area contributed by atoms with Gasteiger partial charge in [-0.2, -0.15) is 0 Å². The molecule has 0 spiro atoms. The average molecular weight is 403 g/mol. The second-order valence-corrected chi connectivity index (χ2v) is 9.04. The Morgan fingerprint density at radius 3 is 2.21 bits per heavy atom. The van der Waals surface area contributed by atoms with E-state index in [-0.39, 0.29) is 17.3 Å². The van der Waals surface area contributed by atoms with Crippen LogP contribution in [0.2, 0.25) is 0 Å². The highest BCUT2D eigenvalue weighted by Crippen LogP contribution is 2.24. The zero-order valence-corrected chi connectivity index (χ0v) is 17.3. The van der Waals surface area contributed by atoms with E-state index in [0.717, 1.165) is 25.1 Å². The predicted molar refractivity (Wildman–Crippen MR) is 110 cm³/mol. The maximum absolute atomic E-state index is 13.3. The van der Waals surface area contributed by atoms with E-state index in [9.17, 15) is 13.2 Å². The first kappa shape index (κ1) is 20.4. The minimum Gasteiger partial charge on any atom is -0.334 e. The summed E-state index contributed by atoms with van der Waals surface area (Å²) in [6.07, 6.45) is 0.869. The molecule has 1 amide bonds. The molecule has 1 aliphatic rings. The number of anilines is 1. The molecule has 28 heavy (non-hydrogen) atoms. The van der Waals surface area contributed by atoms with E-state index in [1.165, 1.54) is 9.21 Å². The molecule has 0 radical (unpaired) electrons. The average Bonchev–Trinajstić information content (AvgIpc) is 2.73. The summed E-state index contributed by atoms with van der Waals surface area (Å²) in [5, 5.41) is 0. The molecule has 2 aromatic rings. The number of benzene rings is 2. The number of carbonyl (C=O) groups is 1. The highest BCUT2D eigenvalue weighted by molar-refractivity contribution is 7.92. The Kier molecular flexibility index (Phi) is 6.36. The van der Waals surface area contributed by atoms with Gasteiger partial charge in [0.2, 0.25) is 5.91 Å². The number of aryl methyl sites for hydroxylation is 1. The van der Waals surface area contributed by atoms with Gasteiger partial charge < -0.3 is 9.80 Å². The number of rotatable bonds is 6. The van der Waals surface area contributed by atoms with E-state index in [4.69, 9.17) is 0 Å². The minimum atomic E-state index is -3.84. The van der Waals surface area contributed by atoms with Crippen molar-refractivity contribution in [3.63, 3.8) is 0 Å². The van der Waals surface area contributed by atoms with E-state index in [1.807, 2.05) is 19.1 Å². The fraction of sp³-hybridized carbons (Fsp3) is 0.381. The first-order valence-electron chi connectivity index (χ1n) is 9.67. The van der Waals surface area contributed by atoms with Crippen LogP contribution in [0.5, 0.6) is 0 Å². The van der Waals surface area contributed by atoms with Crippen molar-refractivity contribution in [2.45, 2.75) is 18.2 Å². The van der Waals surface area contributed by atoms with E-state index >= 15 is 0 Å². The first-order chi connectivity index (χ1) is 13.4. The largest absolute Gasteiger partial charge is 0.334 e. The normalized spacial score (nSPS) is 15.4. The molecular formula is C21H28N3O3S+. The maximum atomic E-state index is 13.3. The number of quaternary nitrogens is 1. The molecule has 0 bridgehead atoms. The lowest BCUT2D eigenvalue weighted by Crippen LogP contribution is -3.12. The van der Waals surface area contributed by atoms with Crippen LogP contribution in [0.15, 0.2) is 59.5 Å². The third kappa shape index (κ3) is 4.54. The fourth-order valence-corrected chi connectivity index (χ4v) is 4.73. The topological polar surface area (TPSA) is 62.1 Å². The Hall–Kier alpha value is -2.38. The van der Waals surface area contributed by atoms with Crippen LogP contribution in [0.25, 0.3) is 0 Å². The molecular weight excluding hydrogens is 374 g/mol. The van der Waals surface area contributed by atoms with Gasteiger partial charge in [0.15, 0.2) is 0 Å². The number of amides is 1. The van der Waals surface area contributed by atoms with Crippen LogP contribution in [0.1, 0.15) is 12.5 Å². The lowest BCUT2D eigenvalue weighted by atomic mass is 10.1. The van der Waals surface area contributed by atoms with Gasteiger partial charge in [-0.1, -0.05) is 37.3 Å². The lowest BCUT2D eigenvalue weighted by molar-refractivity contribution is -0.883. The lowest BCUT2D eigenvalue weighted by Gasteiger charge is -2.32. The molecule has 0 aromatic heterocycles. The number of hydrogen-bond acceptors (Lipinski definition) is 3. The molecule has 0 unspecified atom stereocenters. The van der Waals surface area contributed by atoms with Gasteiger partial charge in [0.1, 0.15) is 6.54 Å². The van der Waals surface area contributed by atoms with Crippen LogP contribution in [0, 0.1) is 0 Å². The molecule has 6 nitrogen and oxygen atoms in total. The highest BCUT2D eigenvalue weighted by atomic mass is 32.2. The van der Waals surface area contributed by atoms with Gasteiger partial charge in [-0.15, -0.1) is 0 Å². The summed E-state index contributed by atoms with van der Waals surface area (Å²) in [4.78, 5) is 16.2. The summed E-state index contributed by atoms with van der Waals surface area (Å²) in [5.74, 6) is -0.161. The molecule has 1 heterocycles. The summed E-state index contributed by atoms with van der Waals surface area (Å²) in [7, 11) is -1.74. The molecule has 150 valence electrons. The number of nitrogens with zero attached hydrogens (tertiary/aromatic N) is 2. The molecule has 1 N–H and O–H groups in total. The Morgan fingerprint density at radius 1 is 1.04 bits per heavy atom. The summed E-state index contributed by atoms with van der Waals surface area (Å²) < 4.78 is 27.8. The summed E-state index contributed by atoms with van der Waals surface area (Å²) in [5.41, 5.74) is 1.63. The van der Waals surface area contributed by atoms with E-state index < -0.39 is 10.0 Å². The minimum absolute atomic E-state index is 0.161. The predicted octanol–water partition coefficient (Wildman–Crippen LogP) is 0.801. The van der Waals surface area contributed by atoms with Gasteiger partial charge >= 0.3 is 0 Å². The van der Waals surface area contributed by atoms with Crippen molar-refractivity contribution in [2.75, 3.05) is 44.1 Å². The van der Waals surface area contributed by atoms with Crippen molar-refractivity contribution in [1.29, 1.82) is 0 Å². The molecule has 7 heteroatoms. The Bertz CT molecular complexity index is 890. The Balaban J connectivity index is 1.91. The highest BCUT2D eigenvalue weighted by Gasteiger charge is 2.30. The molecule has 0 saturated carbocycles. The summed E-state index contributed by atoms with van der Waals surface area (Å²) in [6.45, 7) is 4.91. The van der Waals surface area contributed by atoms with Crippen molar-refractivity contribution in [1.82, 2.24) is 4.90 Å². The van der Waals surface area contributed by atoms with Crippen LogP contribution in [-0.4, -0.2) is 59.0 Å². The van der Waals surface area contributed by atoms with Crippen LogP contribution in [0.4, 0.5) is 5.69 Å². The number of likely N-dealkylation sites (N-methyl/N-ethyl adjacent to an activating group) is 1. The van der Waals surface area contributed by atoms with Gasteiger partial charge in [-0.3, -0.25) is 9.10 Å². The zero-order valence-electron chi connectivity index (χ0n) is 16.5. The van der Waals surface area contributed by atoms with Crippen LogP contribution >= 0.6 is 0 Å². The number of sulfonamides is 1. The van der Waals surface area contributed by atoms with Gasteiger partial charge in [0, 0.05) is 0 Å². The third-order valence-corrected chi connectivity index (χ3v) is 7.00. The van der Waals surface area contributed by atoms with Crippen molar-refractivity contribution in [2.24, 2.45) is 0 Å². The molecule has 0 aliphatic carbocycles. The molecule has 1 aliphatic heterocycles. The van der Waals surface area contributed by atoms with E-state index in [2.05, 4.69) is 7.05 Å². The van der Waals surface area contributed by atoms with Gasteiger partial charge in [0.25, 0.3) is 10.0 Å². The number of hydrogen-bond donors (Lipinski definition) is 1. The molecule has 2 aromatic carbocycles. The molecule has 1 saturated heterocycles. The Labute approximate surface area is 167 Å². The van der Waals surface area contributed by atoms with Crippen molar-refractivity contribution >= 4 is 21.6 Å². The van der Waals surface area contributed by atoms with E-state index in [0.29, 0.717) is 18.8 Å². The van der Waals surface area contributed by atoms with Crippen LogP contribution < -0.4 is 9.21 Å². The van der Waals surface area contributed by atoms with Crippen molar-refractivity contribution in [3.05, 3.63) is 60.2 Å². The quantitative estimate of drug-likeness (QED) is 0.778. The monoisotopic (exact) mass is 402 g/mol. The SMILES string of the molecule is CCc1ccc(N(CC(=O)N2CC[NH+](C)CC2)S(=O)(=O)c2ccccc2)cc1. The fourth-order valence-electron chi connectivity index (χ4n) is 3.29. The molecule has 1 fully saturated rings. The van der Waals surface area contributed by atoms with E-state index in [1.54, 1.807) is 47.4 Å². The van der Waals surface area contributed by atoms with Gasteiger partial charge in [0.05, 0.1) is 43.8 Å². The summed E-state index contributed by atoms with van der Waals surface area (Å²) >= 11 is 0. The number of nitrogens with one attached hydrogen (secondary N) is 1. The van der Waals surface area contributed by atoms with Gasteiger partial charge in [-0.05, 0) is 36.2 Å². The number of piperazine rings is 1.